The Balaban J connectivity index is 2.09. The van der Waals surface area contributed by atoms with Crippen molar-refractivity contribution in [3.63, 3.8) is 0 Å². The van der Waals surface area contributed by atoms with Crippen LogP contribution in [-0.2, 0) is 0 Å². The Bertz CT molecular complexity index is 144. The van der Waals surface area contributed by atoms with Crippen LogP contribution in [0.1, 0.15) is 6.42 Å². The lowest BCUT2D eigenvalue weighted by Crippen LogP contribution is -2.44. The lowest BCUT2D eigenvalue weighted by molar-refractivity contribution is 0.247. The van der Waals surface area contributed by atoms with Crippen LogP contribution < -0.4 is 16.6 Å². The van der Waals surface area contributed by atoms with Crippen molar-refractivity contribution in [1.29, 1.82) is 0 Å². The van der Waals surface area contributed by atoms with Crippen molar-refractivity contribution < 1.29 is 0 Å². The third-order valence-electron chi connectivity index (χ3n) is 2.03. The van der Waals surface area contributed by atoms with Gasteiger partial charge in [-0.2, -0.15) is 0 Å². The number of rotatable bonds is 3. The zero-order chi connectivity index (χ0) is 8.81. The van der Waals surface area contributed by atoms with Crippen LogP contribution in [-0.4, -0.2) is 42.6 Å². The molecule has 0 unspecified atom stereocenters. The Hall–Kier alpha value is -0.230. The summed E-state index contributed by atoms with van der Waals surface area (Å²) in [6.45, 7) is 5.43. The maximum atomic E-state index is 5.17. The Morgan fingerprint density at radius 2 is 2.17 bits per heavy atom. The minimum absolute atomic E-state index is 0.744. The summed E-state index contributed by atoms with van der Waals surface area (Å²) in [4.78, 5) is 3.13. The van der Waals surface area contributed by atoms with E-state index in [1.165, 1.54) is 0 Å². The number of nitrogens with zero attached hydrogens (tertiary/aromatic N) is 1. The molecular weight excluding hydrogens is 172 g/mol. The van der Waals surface area contributed by atoms with Gasteiger partial charge in [0.2, 0.25) is 0 Å². The summed E-state index contributed by atoms with van der Waals surface area (Å²) in [5, 5.41) is 3.30. The molecule has 0 atom stereocenters. The van der Waals surface area contributed by atoms with Gasteiger partial charge in [-0.25, -0.2) is 0 Å². The number of nitrogens with one attached hydrogen (secondary N) is 2. The highest BCUT2D eigenvalue weighted by molar-refractivity contribution is 7.80. The van der Waals surface area contributed by atoms with E-state index in [9.17, 15) is 0 Å². The van der Waals surface area contributed by atoms with Gasteiger partial charge >= 0.3 is 0 Å². The van der Waals surface area contributed by atoms with Gasteiger partial charge in [0.25, 0.3) is 0 Å². The number of nitrogens with two attached hydrogens (primary N) is 1. The standard InChI is InChI=1S/C7H16N4S/c8-10-7(12)1-4-11-5-2-9-3-6-11/h9H,1-6,8H2,(H,10,12). The average Bonchev–Trinajstić information content (AvgIpc) is 2.16. The fourth-order valence-corrected chi connectivity index (χ4v) is 1.36. The quantitative estimate of drug-likeness (QED) is 0.304. The summed E-state index contributed by atoms with van der Waals surface area (Å²) in [6.07, 6.45) is 0.867. The van der Waals surface area contributed by atoms with Gasteiger partial charge in [-0.15, -0.1) is 0 Å². The molecule has 1 fully saturated rings. The van der Waals surface area contributed by atoms with Gasteiger partial charge in [-0.05, 0) is 0 Å². The van der Waals surface area contributed by atoms with E-state index in [2.05, 4.69) is 15.6 Å². The fourth-order valence-electron chi connectivity index (χ4n) is 1.27. The van der Waals surface area contributed by atoms with Crippen molar-refractivity contribution in [3.8, 4) is 0 Å². The molecule has 0 aromatic carbocycles. The summed E-state index contributed by atoms with van der Waals surface area (Å²) < 4.78 is 0. The van der Waals surface area contributed by atoms with Crippen LogP contribution in [0.15, 0.2) is 0 Å². The van der Waals surface area contributed by atoms with Gasteiger partial charge in [0.1, 0.15) is 0 Å². The van der Waals surface area contributed by atoms with Crippen molar-refractivity contribution >= 4 is 17.2 Å². The first-order valence-corrected chi connectivity index (χ1v) is 4.66. The molecule has 1 saturated heterocycles. The van der Waals surface area contributed by atoms with Crippen LogP contribution in [0, 0.1) is 0 Å². The van der Waals surface area contributed by atoms with Crippen molar-refractivity contribution in [1.82, 2.24) is 15.6 Å². The second-order valence-electron chi connectivity index (χ2n) is 2.91. The number of hydrogen-bond acceptors (Lipinski definition) is 4. The van der Waals surface area contributed by atoms with Crippen LogP contribution in [0.2, 0.25) is 0 Å². The molecule has 0 aromatic heterocycles. The normalized spacial score (nSPS) is 19.1. The van der Waals surface area contributed by atoms with E-state index in [1.54, 1.807) is 0 Å². The predicted molar refractivity (Wildman–Crippen MR) is 53.8 cm³/mol. The van der Waals surface area contributed by atoms with Crippen molar-refractivity contribution in [2.75, 3.05) is 32.7 Å². The molecule has 1 aliphatic heterocycles. The number of hydrazine groups is 1. The fraction of sp³-hybridized carbons (Fsp3) is 0.857. The summed E-state index contributed by atoms with van der Waals surface area (Å²) in [5.74, 6) is 5.17. The molecule has 0 radical (unpaired) electrons. The molecular formula is C7H16N4S. The third-order valence-corrected chi connectivity index (χ3v) is 2.35. The molecule has 0 aliphatic carbocycles. The minimum Gasteiger partial charge on any atom is -0.318 e. The van der Waals surface area contributed by atoms with Gasteiger partial charge in [0.15, 0.2) is 0 Å². The third kappa shape index (κ3) is 3.44. The zero-order valence-electron chi connectivity index (χ0n) is 7.18. The maximum Gasteiger partial charge on any atom is 0.0906 e. The van der Waals surface area contributed by atoms with Gasteiger partial charge in [-0.1, -0.05) is 12.2 Å². The first-order chi connectivity index (χ1) is 5.83. The van der Waals surface area contributed by atoms with Crippen LogP contribution in [0.5, 0.6) is 0 Å². The second-order valence-corrected chi connectivity index (χ2v) is 3.40. The van der Waals surface area contributed by atoms with Crippen LogP contribution in [0.25, 0.3) is 0 Å². The van der Waals surface area contributed by atoms with Crippen molar-refractivity contribution in [2.24, 2.45) is 5.84 Å². The lowest BCUT2D eigenvalue weighted by Gasteiger charge is -2.26. The van der Waals surface area contributed by atoms with Crippen molar-refractivity contribution in [3.05, 3.63) is 0 Å². The largest absolute Gasteiger partial charge is 0.318 e. The van der Waals surface area contributed by atoms with Crippen LogP contribution in [0.4, 0.5) is 0 Å². The zero-order valence-corrected chi connectivity index (χ0v) is 7.99. The molecule has 5 heteroatoms. The molecule has 0 aromatic rings. The SMILES string of the molecule is NNC(=S)CCN1CCNCC1. The van der Waals surface area contributed by atoms with E-state index in [0.717, 1.165) is 44.1 Å². The molecule has 1 rings (SSSR count). The van der Waals surface area contributed by atoms with Crippen molar-refractivity contribution in [2.45, 2.75) is 6.42 Å². The molecule has 70 valence electrons. The molecule has 1 heterocycles. The highest BCUT2D eigenvalue weighted by Crippen LogP contribution is 1.94. The highest BCUT2D eigenvalue weighted by Gasteiger charge is 2.08. The van der Waals surface area contributed by atoms with E-state index < -0.39 is 0 Å². The van der Waals surface area contributed by atoms with Crippen LogP contribution in [0.3, 0.4) is 0 Å². The lowest BCUT2D eigenvalue weighted by atomic mass is 10.3. The van der Waals surface area contributed by atoms with Gasteiger partial charge < -0.3 is 15.6 Å². The Labute approximate surface area is 78.5 Å². The molecule has 12 heavy (non-hydrogen) atoms. The second kappa shape index (κ2) is 5.42. The molecule has 0 bridgehead atoms. The molecule has 1 aliphatic rings. The molecule has 4 nitrogen and oxygen atoms in total. The monoisotopic (exact) mass is 188 g/mol. The van der Waals surface area contributed by atoms with E-state index in [-0.39, 0.29) is 0 Å². The number of piperazine rings is 1. The number of thiocarbonyl (C=S) groups is 1. The molecule has 0 spiro atoms. The average molecular weight is 188 g/mol. The summed E-state index contributed by atoms with van der Waals surface area (Å²) in [6, 6.07) is 0. The summed E-state index contributed by atoms with van der Waals surface area (Å²) >= 11 is 4.95. The minimum atomic E-state index is 0.744. The molecule has 0 saturated carbocycles. The Morgan fingerprint density at radius 1 is 1.50 bits per heavy atom. The molecule has 0 amide bonds. The van der Waals surface area contributed by atoms with Gasteiger partial charge in [0.05, 0.1) is 4.99 Å². The summed E-state index contributed by atoms with van der Waals surface area (Å²) in [5.41, 5.74) is 2.49. The summed E-state index contributed by atoms with van der Waals surface area (Å²) in [7, 11) is 0. The highest BCUT2D eigenvalue weighted by atomic mass is 32.1. The van der Waals surface area contributed by atoms with Gasteiger partial charge in [-0.3, -0.25) is 5.84 Å². The Morgan fingerprint density at radius 3 is 2.75 bits per heavy atom. The predicted octanol–water partition coefficient (Wildman–Crippen LogP) is -0.928. The van der Waals surface area contributed by atoms with Gasteiger partial charge in [0, 0.05) is 39.1 Å². The van der Waals surface area contributed by atoms with E-state index in [4.69, 9.17) is 18.1 Å². The first kappa shape index (κ1) is 9.85. The first-order valence-electron chi connectivity index (χ1n) is 4.25. The van der Waals surface area contributed by atoms with E-state index >= 15 is 0 Å². The molecule has 4 N–H and O–H groups in total. The van der Waals surface area contributed by atoms with E-state index in [1.807, 2.05) is 0 Å². The van der Waals surface area contributed by atoms with Crippen LogP contribution >= 0.6 is 12.2 Å². The smallest absolute Gasteiger partial charge is 0.0906 e. The number of hydrogen-bond donors (Lipinski definition) is 3. The maximum absolute atomic E-state index is 5.17. The van der Waals surface area contributed by atoms with E-state index in [0.29, 0.717) is 0 Å². The Kier molecular flexibility index (Phi) is 4.45. The topological polar surface area (TPSA) is 53.3 Å².